The molecule has 1 fully saturated rings. The van der Waals surface area contributed by atoms with E-state index in [-0.39, 0.29) is 5.41 Å². The Kier molecular flexibility index (Phi) is 9.65. The molecule has 31 heavy (non-hydrogen) atoms. The van der Waals surface area contributed by atoms with Crippen molar-refractivity contribution in [2.24, 2.45) is 10.8 Å². The highest BCUT2D eigenvalue weighted by Crippen LogP contribution is 2.50. The summed E-state index contributed by atoms with van der Waals surface area (Å²) in [5.74, 6) is -0.568. The summed E-state index contributed by atoms with van der Waals surface area (Å²) in [6.45, 7) is 13.9. The Morgan fingerprint density at radius 3 is 1.94 bits per heavy atom. The van der Waals surface area contributed by atoms with Gasteiger partial charge >= 0.3 is 5.97 Å². The second kappa shape index (κ2) is 11.5. The van der Waals surface area contributed by atoms with Crippen LogP contribution >= 0.6 is 0 Å². The monoisotopic (exact) mass is 428 g/mol. The van der Waals surface area contributed by atoms with Crippen molar-refractivity contribution in [1.82, 2.24) is 0 Å². The standard InChI is InChI=1S/C29H48O2/c1-22-21-23(2)25(15-11-8-10-14-18-29(19-20-29)27(30)31)26(24(22)3)16-12-7-9-13-17-28(4,5)6/h21H,7-20H2,1-6H3,(H,30,31). The highest BCUT2D eigenvalue weighted by atomic mass is 16.4. The molecule has 0 saturated heterocycles. The van der Waals surface area contributed by atoms with Gasteiger partial charge in [0.25, 0.3) is 0 Å². The van der Waals surface area contributed by atoms with E-state index in [1.807, 2.05) is 0 Å². The first kappa shape index (κ1) is 25.9. The smallest absolute Gasteiger partial charge is 0.309 e. The predicted octanol–water partition coefficient (Wildman–Crippen LogP) is 8.51. The van der Waals surface area contributed by atoms with Gasteiger partial charge in [0.2, 0.25) is 0 Å². The number of aryl methyl sites for hydroxylation is 2. The van der Waals surface area contributed by atoms with Crippen LogP contribution in [0.3, 0.4) is 0 Å². The molecule has 0 spiro atoms. The van der Waals surface area contributed by atoms with Crippen LogP contribution in [0, 0.1) is 31.6 Å². The molecule has 0 atom stereocenters. The van der Waals surface area contributed by atoms with Gasteiger partial charge in [-0.3, -0.25) is 4.79 Å². The molecule has 0 aromatic heterocycles. The van der Waals surface area contributed by atoms with Gasteiger partial charge in [-0.05, 0) is 105 Å². The van der Waals surface area contributed by atoms with Crippen LogP contribution in [-0.2, 0) is 17.6 Å². The molecular formula is C29H48O2. The lowest BCUT2D eigenvalue weighted by Crippen LogP contribution is -2.14. The zero-order valence-electron chi connectivity index (χ0n) is 21.3. The summed E-state index contributed by atoms with van der Waals surface area (Å²) in [7, 11) is 0. The predicted molar refractivity (Wildman–Crippen MR) is 133 cm³/mol. The fraction of sp³-hybridized carbons (Fsp3) is 0.759. The maximum Gasteiger partial charge on any atom is 0.309 e. The van der Waals surface area contributed by atoms with Gasteiger partial charge in [-0.15, -0.1) is 0 Å². The van der Waals surface area contributed by atoms with Crippen molar-refractivity contribution in [2.75, 3.05) is 0 Å². The van der Waals surface area contributed by atoms with Crippen molar-refractivity contribution in [2.45, 2.75) is 131 Å². The number of carbonyl (C=O) groups is 1. The summed E-state index contributed by atoms with van der Waals surface area (Å²) in [6.07, 6.45) is 16.4. The molecule has 0 bridgehead atoms. The van der Waals surface area contributed by atoms with Crippen molar-refractivity contribution in [3.05, 3.63) is 33.9 Å². The zero-order valence-corrected chi connectivity index (χ0v) is 21.3. The minimum atomic E-state index is -0.568. The van der Waals surface area contributed by atoms with Gasteiger partial charge in [-0.1, -0.05) is 65.4 Å². The number of carboxylic acid groups (broad SMARTS) is 1. The number of unbranched alkanes of at least 4 members (excludes halogenated alkanes) is 6. The topological polar surface area (TPSA) is 37.3 Å². The first-order chi connectivity index (χ1) is 14.6. The Bertz CT molecular complexity index is 719. The van der Waals surface area contributed by atoms with Crippen LogP contribution < -0.4 is 0 Å². The van der Waals surface area contributed by atoms with Gasteiger partial charge in [-0.25, -0.2) is 0 Å². The van der Waals surface area contributed by atoms with E-state index in [1.54, 1.807) is 11.1 Å². The Labute approximate surface area is 192 Å². The maximum atomic E-state index is 11.3. The summed E-state index contributed by atoms with van der Waals surface area (Å²) in [5, 5.41) is 9.32. The molecule has 1 aliphatic carbocycles. The summed E-state index contributed by atoms with van der Waals surface area (Å²) in [6, 6.07) is 2.38. The Morgan fingerprint density at radius 2 is 1.39 bits per heavy atom. The number of benzene rings is 1. The minimum absolute atomic E-state index is 0.343. The van der Waals surface area contributed by atoms with Crippen LogP contribution in [0.1, 0.15) is 126 Å². The van der Waals surface area contributed by atoms with E-state index in [1.165, 1.54) is 80.9 Å². The molecule has 176 valence electrons. The molecule has 1 N–H and O–H groups in total. The average Bonchev–Trinajstić information content (AvgIpc) is 3.46. The zero-order chi connectivity index (χ0) is 23.1. The molecule has 2 rings (SSSR count). The van der Waals surface area contributed by atoms with Crippen LogP contribution in [0.4, 0.5) is 0 Å². The van der Waals surface area contributed by atoms with E-state index in [9.17, 15) is 9.90 Å². The van der Waals surface area contributed by atoms with Gasteiger partial charge in [0.05, 0.1) is 5.41 Å². The molecule has 1 aromatic carbocycles. The summed E-state index contributed by atoms with van der Waals surface area (Å²) in [5.41, 5.74) is 7.75. The van der Waals surface area contributed by atoms with Crippen LogP contribution in [0.2, 0.25) is 0 Å². The fourth-order valence-corrected chi connectivity index (χ4v) is 5.06. The Hall–Kier alpha value is -1.31. The van der Waals surface area contributed by atoms with Crippen LogP contribution in [0.25, 0.3) is 0 Å². The third-order valence-corrected chi connectivity index (χ3v) is 7.56. The third kappa shape index (κ3) is 8.28. The van der Waals surface area contributed by atoms with E-state index in [2.05, 4.69) is 47.6 Å². The van der Waals surface area contributed by atoms with Gasteiger partial charge in [0.1, 0.15) is 0 Å². The van der Waals surface area contributed by atoms with Crippen molar-refractivity contribution in [3.63, 3.8) is 0 Å². The first-order valence-corrected chi connectivity index (χ1v) is 12.9. The number of hydrogen-bond donors (Lipinski definition) is 1. The molecule has 1 aliphatic rings. The molecule has 1 aromatic rings. The van der Waals surface area contributed by atoms with E-state index in [0.29, 0.717) is 5.41 Å². The van der Waals surface area contributed by atoms with Gasteiger partial charge in [0, 0.05) is 0 Å². The van der Waals surface area contributed by atoms with Crippen LogP contribution in [0.5, 0.6) is 0 Å². The number of carboxylic acids is 1. The highest BCUT2D eigenvalue weighted by molar-refractivity contribution is 5.77. The second-order valence-corrected chi connectivity index (χ2v) is 11.6. The Morgan fingerprint density at radius 1 is 0.839 bits per heavy atom. The van der Waals surface area contributed by atoms with E-state index in [4.69, 9.17) is 0 Å². The summed E-state index contributed by atoms with van der Waals surface area (Å²) >= 11 is 0. The minimum Gasteiger partial charge on any atom is -0.481 e. The number of hydrogen-bond acceptors (Lipinski definition) is 1. The molecular weight excluding hydrogens is 380 g/mol. The van der Waals surface area contributed by atoms with Gasteiger partial charge in [-0.2, -0.15) is 0 Å². The molecule has 1 saturated carbocycles. The molecule has 0 radical (unpaired) electrons. The van der Waals surface area contributed by atoms with Crippen molar-refractivity contribution in [3.8, 4) is 0 Å². The number of rotatable bonds is 14. The first-order valence-electron chi connectivity index (χ1n) is 12.9. The maximum absolute atomic E-state index is 11.3. The molecule has 0 aliphatic heterocycles. The molecule has 0 heterocycles. The van der Waals surface area contributed by atoms with Crippen molar-refractivity contribution in [1.29, 1.82) is 0 Å². The molecule has 2 nitrogen and oxygen atoms in total. The van der Waals surface area contributed by atoms with E-state index in [0.717, 1.165) is 25.7 Å². The molecule has 2 heteroatoms. The van der Waals surface area contributed by atoms with Gasteiger partial charge in [0.15, 0.2) is 0 Å². The molecule has 0 amide bonds. The van der Waals surface area contributed by atoms with Crippen molar-refractivity contribution < 1.29 is 9.90 Å². The van der Waals surface area contributed by atoms with Crippen molar-refractivity contribution >= 4 is 5.97 Å². The SMILES string of the molecule is Cc1cc(C)c(CCCCCCC2(C(=O)O)CC2)c(CCCCCCC(C)(C)C)c1C. The normalized spacial score (nSPS) is 15.3. The second-order valence-electron chi connectivity index (χ2n) is 11.6. The van der Waals surface area contributed by atoms with Crippen LogP contribution in [-0.4, -0.2) is 11.1 Å². The fourth-order valence-electron chi connectivity index (χ4n) is 5.06. The lowest BCUT2D eigenvalue weighted by molar-refractivity contribution is -0.143. The third-order valence-electron chi connectivity index (χ3n) is 7.56. The number of aliphatic carboxylic acids is 1. The van der Waals surface area contributed by atoms with Crippen LogP contribution in [0.15, 0.2) is 6.07 Å². The average molecular weight is 429 g/mol. The summed E-state index contributed by atoms with van der Waals surface area (Å²) in [4.78, 5) is 11.3. The highest BCUT2D eigenvalue weighted by Gasteiger charge is 2.49. The lowest BCUT2D eigenvalue weighted by atomic mass is 9.86. The lowest BCUT2D eigenvalue weighted by Gasteiger charge is -2.19. The van der Waals surface area contributed by atoms with E-state index >= 15 is 0 Å². The Balaban J connectivity index is 1.79. The quantitative estimate of drug-likeness (QED) is 0.301. The van der Waals surface area contributed by atoms with E-state index < -0.39 is 5.97 Å². The largest absolute Gasteiger partial charge is 0.481 e. The van der Waals surface area contributed by atoms with Gasteiger partial charge < -0.3 is 5.11 Å². The molecule has 0 unspecified atom stereocenters. The summed E-state index contributed by atoms with van der Waals surface area (Å²) < 4.78 is 0.